The van der Waals surface area contributed by atoms with Crippen molar-refractivity contribution in [1.82, 2.24) is 0 Å². The molecule has 0 amide bonds. The van der Waals surface area contributed by atoms with Crippen LogP contribution in [0, 0.1) is 5.82 Å². The first-order chi connectivity index (χ1) is 6.61. The summed E-state index contributed by atoms with van der Waals surface area (Å²) in [6.45, 7) is 2.41. The summed E-state index contributed by atoms with van der Waals surface area (Å²) in [6.07, 6.45) is 0. The van der Waals surface area contributed by atoms with Crippen molar-refractivity contribution in [3.8, 4) is 5.75 Å². The third-order valence-corrected chi connectivity index (χ3v) is 2.78. The second kappa shape index (κ2) is 4.75. The third kappa shape index (κ3) is 2.07. The summed E-state index contributed by atoms with van der Waals surface area (Å²) in [5.41, 5.74) is 6.33. The molecule has 2 N–H and O–H groups in total. The number of methoxy groups -OCH3 is 1. The van der Waals surface area contributed by atoms with Gasteiger partial charge in [0.05, 0.1) is 11.6 Å². The van der Waals surface area contributed by atoms with Crippen LogP contribution >= 0.6 is 15.9 Å². The lowest BCUT2D eigenvalue weighted by Gasteiger charge is -2.14. The van der Waals surface area contributed by atoms with Gasteiger partial charge < -0.3 is 10.5 Å². The lowest BCUT2D eigenvalue weighted by Crippen LogP contribution is -2.10. The number of nitrogens with two attached hydrogens (primary N) is 1. The summed E-state index contributed by atoms with van der Waals surface area (Å²) >= 11 is 3.11. The molecule has 2 nitrogen and oxygen atoms in total. The van der Waals surface area contributed by atoms with Gasteiger partial charge in [0.15, 0.2) is 11.6 Å². The molecule has 1 aromatic rings. The maximum atomic E-state index is 13.5. The Morgan fingerprint density at radius 3 is 2.71 bits per heavy atom. The van der Waals surface area contributed by atoms with E-state index in [1.165, 1.54) is 7.11 Å². The van der Waals surface area contributed by atoms with Crippen LogP contribution in [0.5, 0.6) is 5.75 Å². The van der Waals surface area contributed by atoms with Crippen LogP contribution < -0.4 is 10.5 Å². The summed E-state index contributed by atoms with van der Waals surface area (Å²) in [6, 6.07) is 3.49. The number of halogens is 2. The molecule has 0 saturated heterocycles. The van der Waals surface area contributed by atoms with Gasteiger partial charge in [0.1, 0.15) is 0 Å². The van der Waals surface area contributed by atoms with Crippen LogP contribution in [-0.4, -0.2) is 13.7 Å². The van der Waals surface area contributed by atoms with E-state index in [2.05, 4.69) is 15.9 Å². The van der Waals surface area contributed by atoms with Gasteiger partial charge in [-0.1, -0.05) is 13.0 Å². The Balaban J connectivity index is 3.23. The van der Waals surface area contributed by atoms with E-state index in [-0.39, 0.29) is 17.5 Å². The second-order valence-electron chi connectivity index (χ2n) is 3.12. The Bertz CT molecular complexity index is 330. The SMILES string of the molecule is COc1c(C(C)CN)ccc(Br)c1F. The molecule has 0 bridgehead atoms. The first-order valence-corrected chi connectivity index (χ1v) is 5.13. The number of hydrogen-bond donors (Lipinski definition) is 1. The first kappa shape index (κ1) is 11.5. The van der Waals surface area contributed by atoms with Gasteiger partial charge in [0.2, 0.25) is 0 Å². The van der Waals surface area contributed by atoms with Crippen molar-refractivity contribution in [1.29, 1.82) is 0 Å². The maximum Gasteiger partial charge on any atom is 0.179 e. The minimum absolute atomic E-state index is 0.0903. The quantitative estimate of drug-likeness (QED) is 0.908. The molecule has 1 unspecified atom stereocenters. The van der Waals surface area contributed by atoms with Crippen LogP contribution in [0.25, 0.3) is 0 Å². The zero-order chi connectivity index (χ0) is 10.7. The summed E-state index contributed by atoms with van der Waals surface area (Å²) in [7, 11) is 1.46. The van der Waals surface area contributed by atoms with Gasteiger partial charge in [-0.2, -0.15) is 0 Å². The largest absolute Gasteiger partial charge is 0.493 e. The normalized spacial score (nSPS) is 12.6. The summed E-state index contributed by atoms with van der Waals surface area (Å²) in [5, 5.41) is 0. The van der Waals surface area contributed by atoms with Crippen LogP contribution in [-0.2, 0) is 0 Å². The van der Waals surface area contributed by atoms with Crippen molar-refractivity contribution in [3.63, 3.8) is 0 Å². The lowest BCUT2D eigenvalue weighted by atomic mass is 10.0. The predicted octanol–water partition coefficient (Wildman–Crippen LogP) is 2.66. The van der Waals surface area contributed by atoms with E-state index < -0.39 is 0 Å². The van der Waals surface area contributed by atoms with Gasteiger partial charge in [-0.15, -0.1) is 0 Å². The van der Waals surface area contributed by atoms with Crippen molar-refractivity contribution in [2.75, 3.05) is 13.7 Å². The van der Waals surface area contributed by atoms with Gasteiger partial charge in [0.25, 0.3) is 0 Å². The topological polar surface area (TPSA) is 35.2 Å². The molecule has 0 radical (unpaired) electrons. The first-order valence-electron chi connectivity index (χ1n) is 4.33. The maximum absolute atomic E-state index is 13.5. The molecule has 1 atom stereocenters. The van der Waals surface area contributed by atoms with Gasteiger partial charge in [-0.05, 0) is 34.5 Å². The molecule has 0 fully saturated rings. The van der Waals surface area contributed by atoms with Gasteiger partial charge >= 0.3 is 0 Å². The Morgan fingerprint density at radius 2 is 2.21 bits per heavy atom. The third-order valence-electron chi connectivity index (χ3n) is 2.17. The summed E-state index contributed by atoms with van der Waals surface area (Å²) < 4.78 is 19.0. The smallest absolute Gasteiger partial charge is 0.179 e. The van der Waals surface area contributed by atoms with Crippen molar-refractivity contribution in [2.45, 2.75) is 12.8 Å². The highest BCUT2D eigenvalue weighted by Gasteiger charge is 2.16. The molecule has 0 aliphatic heterocycles. The Labute approximate surface area is 91.4 Å². The molecule has 0 aliphatic carbocycles. The average Bonchev–Trinajstić information content (AvgIpc) is 2.20. The molecule has 1 aromatic carbocycles. The van der Waals surface area contributed by atoms with Gasteiger partial charge in [-0.3, -0.25) is 0 Å². The number of rotatable bonds is 3. The van der Waals surface area contributed by atoms with E-state index in [0.717, 1.165) is 5.56 Å². The van der Waals surface area contributed by atoms with Crippen molar-refractivity contribution >= 4 is 15.9 Å². The molecule has 1 rings (SSSR count). The summed E-state index contributed by atoms with van der Waals surface area (Å²) in [5.74, 6) is -0.00447. The molecule has 0 spiro atoms. The van der Waals surface area contributed by atoms with Crippen LogP contribution in [0.2, 0.25) is 0 Å². The molecular formula is C10H13BrFNO. The fraction of sp³-hybridized carbons (Fsp3) is 0.400. The lowest BCUT2D eigenvalue weighted by molar-refractivity contribution is 0.377. The van der Waals surface area contributed by atoms with E-state index in [1.807, 2.05) is 13.0 Å². The van der Waals surface area contributed by atoms with Gasteiger partial charge in [-0.25, -0.2) is 4.39 Å². The van der Waals surface area contributed by atoms with Crippen LogP contribution in [0.3, 0.4) is 0 Å². The molecule has 0 heterocycles. The van der Waals surface area contributed by atoms with Crippen LogP contribution in [0.1, 0.15) is 18.4 Å². The Morgan fingerprint density at radius 1 is 1.57 bits per heavy atom. The second-order valence-corrected chi connectivity index (χ2v) is 3.97. The highest BCUT2D eigenvalue weighted by molar-refractivity contribution is 9.10. The molecular weight excluding hydrogens is 249 g/mol. The van der Waals surface area contributed by atoms with Crippen molar-refractivity contribution in [2.24, 2.45) is 5.73 Å². The van der Waals surface area contributed by atoms with E-state index in [9.17, 15) is 4.39 Å². The van der Waals surface area contributed by atoms with Crippen molar-refractivity contribution in [3.05, 3.63) is 28.0 Å². The number of ether oxygens (including phenoxy) is 1. The van der Waals surface area contributed by atoms with Crippen molar-refractivity contribution < 1.29 is 9.13 Å². The molecule has 0 saturated carbocycles. The molecule has 78 valence electrons. The highest BCUT2D eigenvalue weighted by Crippen LogP contribution is 2.32. The molecule has 4 heteroatoms. The molecule has 0 aromatic heterocycles. The zero-order valence-electron chi connectivity index (χ0n) is 8.18. The minimum Gasteiger partial charge on any atom is -0.493 e. The molecule has 0 aliphatic rings. The minimum atomic E-state index is -0.370. The van der Waals surface area contributed by atoms with Crippen LogP contribution in [0.4, 0.5) is 4.39 Å². The monoisotopic (exact) mass is 261 g/mol. The van der Waals surface area contributed by atoms with E-state index in [0.29, 0.717) is 11.0 Å². The predicted molar refractivity (Wildman–Crippen MR) is 58.1 cm³/mol. The zero-order valence-corrected chi connectivity index (χ0v) is 9.77. The standard InChI is InChI=1S/C10H13BrFNO/c1-6(5-13)7-3-4-8(11)9(12)10(7)14-2/h3-4,6H,5,13H2,1-2H3. The average molecular weight is 262 g/mol. The van der Waals surface area contributed by atoms with E-state index >= 15 is 0 Å². The van der Waals surface area contributed by atoms with E-state index in [4.69, 9.17) is 10.5 Å². The van der Waals surface area contributed by atoms with Gasteiger partial charge in [0, 0.05) is 5.56 Å². The fourth-order valence-corrected chi connectivity index (χ4v) is 1.58. The summed E-state index contributed by atoms with van der Waals surface area (Å²) in [4.78, 5) is 0. The number of benzene rings is 1. The highest BCUT2D eigenvalue weighted by atomic mass is 79.9. The van der Waals surface area contributed by atoms with E-state index in [1.54, 1.807) is 6.07 Å². The Kier molecular flexibility index (Phi) is 3.89. The van der Waals surface area contributed by atoms with Crippen LogP contribution in [0.15, 0.2) is 16.6 Å². The fourth-order valence-electron chi connectivity index (χ4n) is 1.27. The molecule has 14 heavy (non-hydrogen) atoms. The Hall–Kier alpha value is -0.610. The number of hydrogen-bond acceptors (Lipinski definition) is 2.